The van der Waals surface area contributed by atoms with E-state index in [1.165, 1.54) is 17.0 Å². The molecule has 0 saturated carbocycles. The predicted octanol–water partition coefficient (Wildman–Crippen LogP) is 5.31. The number of hydrogen-bond acceptors (Lipinski definition) is 5. The lowest BCUT2D eigenvalue weighted by Gasteiger charge is -2.32. The molecule has 8 nitrogen and oxygen atoms in total. The summed E-state index contributed by atoms with van der Waals surface area (Å²) in [4.78, 5) is 40.7. The van der Waals surface area contributed by atoms with Gasteiger partial charge in [0, 0.05) is 12.2 Å². The highest BCUT2D eigenvalue weighted by Crippen LogP contribution is 2.27. The van der Waals surface area contributed by atoms with Gasteiger partial charge >= 0.3 is 6.09 Å². The van der Waals surface area contributed by atoms with E-state index >= 15 is 0 Å². The summed E-state index contributed by atoms with van der Waals surface area (Å²) in [7, 11) is 0. The Balaban J connectivity index is 2.36. The van der Waals surface area contributed by atoms with Crippen molar-refractivity contribution in [3.63, 3.8) is 0 Å². The first-order valence-electron chi connectivity index (χ1n) is 12.4. The fraction of sp³-hybridized carbons (Fsp3) is 0.464. The van der Waals surface area contributed by atoms with E-state index in [2.05, 4.69) is 17.6 Å². The number of nitrogens with zero attached hydrogens (tertiary/aromatic N) is 1. The standard InChI is InChI=1S/C28H39N3O5/c1-6-7-8-11-17-31(24(33)19-29-27(35)36-28(3,4)5)25(21-14-12-15-22(32)18-21)26(34)30-23-16-10-9-13-20(23)2/h9-10,12-16,18,25,32H,6-8,11,17,19H2,1-5H3,(H,29,35)(H,30,34). The second-order valence-electron chi connectivity index (χ2n) is 9.80. The van der Waals surface area contributed by atoms with Gasteiger partial charge in [-0.25, -0.2) is 4.79 Å². The normalized spacial score (nSPS) is 11.9. The van der Waals surface area contributed by atoms with E-state index in [9.17, 15) is 19.5 Å². The summed E-state index contributed by atoms with van der Waals surface area (Å²) in [6.07, 6.45) is 2.91. The van der Waals surface area contributed by atoms with Gasteiger partial charge in [-0.1, -0.05) is 56.5 Å². The molecular weight excluding hydrogens is 458 g/mol. The summed E-state index contributed by atoms with van der Waals surface area (Å²) >= 11 is 0. The van der Waals surface area contributed by atoms with Crippen molar-refractivity contribution >= 4 is 23.6 Å². The summed E-state index contributed by atoms with van der Waals surface area (Å²) in [6, 6.07) is 12.7. The highest BCUT2D eigenvalue weighted by molar-refractivity contribution is 5.98. The molecular formula is C28H39N3O5. The van der Waals surface area contributed by atoms with Crippen molar-refractivity contribution in [3.8, 4) is 5.75 Å². The smallest absolute Gasteiger partial charge is 0.408 e. The number of alkyl carbamates (subject to hydrolysis) is 1. The number of rotatable bonds is 11. The number of amides is 3. The Hall–Kier alpha value is -3.55. The van der Waals surface area contributed by atoms with Crippen LogP contribution in [0.2, 0.25) is 0 Å². The molecule has 8 heteroatoms. The second-order valence-corrected chi connectivity index (χ2v) is 9.80. The molecule has 2 aromatic rings. The van der Waals surface area contributed by atoms with Crippen molar-refractivity contribution in [2.45, 2.75) is 71.9 Å². The SMILES string of the molecule is CCCCCCN(C(=O)CNC(=O)OC(C)(C)C)C(C(=O)Nc1ccccc1C)c1cccc(O)c1. The Labute approximate surface area is 214 Å². The number of carbonyl (C=O) groups excluding carboxylic acids is 3. The second kappa shape index (κ2) is 13.5. The lowest BCUT2D eigenvalue weighted by atomic mass is 10.0. The number of para-hydroxylation sites is 1. The molecule has 0 aromatic heterocycles. The van der Waals surface area contributed by atoms with Crippen LogP contribution in [0, 0.1) is 6.92 Å². The maximum atomic E-state index is 13.6. The van der Waals surface area contributed by atoms with Gasteiger partial charge in [-0.3, -0.25) is 9.59 Å². The number of phenolic OH excluding ortho intramolecular Hbond substituents is 1. The average molecular weight is 498 g/mol. The van der Waals surface area contributed by atoms with Gasteiger partial charge in [0.1, 0.15) is 23.9 Å². The number of benzene rings is 2. The monoisotopic (exact) mass is 497 g/mol. The van der Waals surface area contributed by atoms with Crippen LogP contribution in [-0.4, -0.2) is 46.6 Å². The fourth-order valence-electron chi connectivity index (χ4n) is 3.75. The van der Waals surface area contributed by atoms with Crippen molar-refractivity contribution in [3.05, 3.63) is 59.7 Å². The van der Waals surface area contributed by atoms with E-state index in [0.717, 1.165) is 24.8 Å². The number of carbonyl (C=O) groups is 3. The predicted molar refractivity (Wildman–Crippen MR) is 141 cm³/mol. The van der Waals surface area contributed by atoms with Gasteiger partial charge < -0.3 is 25.4 Å². The molecule has 2 rings (SSSR count). The summed E-state index contributed by atoms with van der Waals surface area (Å²) in [5, 5.41) is 15.6. The van der Waals surface area contributed by atoms with E-state index in [-0.39, 0.29) is 12.3 Å². The molecule has 0 heterocycles. The third-order valence-electron chi connectivity index (χ3n) is 5.50. The number of aromatic hydroxyl groups is 1. The summed E-state index contributed by atoms with van der Waals surface area (Å²) < 4.78 is 5.25. The lowest BCUT2D eigenvalue weighted by molar-refractivity contribution is -0.138. The maximum absolute atomic E-state index is 13.6. The molecule has 0 aliphatic rings. The van der Waals surface area contributed by atoms with Crippen LogP contribution < -0.4 is 10.6 Å². The minimum absolute atomic E-state index is 0.00791. The average Bonchev–Trinajstić information content (AvgIpc) is 2.80. The fourth-order valence-corrected chi connectivity index (χ4v) is 3.75. The molecule has 1 unspecified atom stereocenters. The molecule has 0 radical (unpaired) electrons. The van der Waals surface area contributed by atoms with Gasteiger partial charge in [0.2, 0.25) is 5.91 Å². The van der Waals surface area contributed by atoms with Gasteiger partial charge in [-0.2, -0.15) is 0 Å². The Kier molecular flexibility index (Phi) is 10.8. The molecule has 3 amide bonds. The van der Waals surface area contributed by atoms with E-state index in [1.54, 1.807) is 39.0 Å². The van der Waals surface area contributed by atoms with Crippen LogP contribution in [0.3, 0.4) is 0 Å². The molecule has 0 aliphatic carbocycles. The third kappa shape index (κ3) is 9.24. The number of aryl methyl sites for hydroxylation is 1. The van der Waals surface area contributed by atoms with Crippen LogP contribution in [0.25, 0.3) is 0 Å². The number of ether oxygens (including phenoxy) is 1. The summed E-state index contributed by atoms with van der Waals surface area (Å²) in [5.74, 6) is -0.840. The zero-order valence-corrected chi connectivity index (χ0v) is 22.0. The molecule has 36 heavy (non-hydrogen) atoms. The zero-order valence-electron chi connectivity index (χ0n) is 22.0. The van der Waals surface area contributed by atoms with Crippen LogP contribution >= 0.6 is 0 Å². The highest BCUT2D eigenvalue weighted by atomic mass is 16.6. The summed E-state index contributed by atoms with van der Waals surface area (Å²) in [5.41, 5.74) is 1.29. The molecule has 2 aromatic carbocycles. The molecule has 0 saturated heterocycles. The van der Waals surface area contributed by atoms with Crippen LogP contribution in [-0.2, 0) is 14.3 Å². The van der Waals surface area contributed by atoms with Gasteiger partial charge in [0.15, 0.2) is 0 Å². The number of phenols is 1. The van der Waals surface area contributed by atoms with Crippen molar-refractivity contribution in [1.82, 2.24) is 10.2 Å². The first-order valence-corrected chi connectivity index (χ1v) is 12.4. The number of anilines is 1. The Morgan fingerprint density at radius 3 is 2.39 bits per heavy atom. The van der Waals surface area contributed by atoms with Gasteiger partial charge in [0.05, 0.1) is 0 Å². The largest absolute Gasteiger partial charge is 0.508 e. The molecule has 0 bridgehead atoms. The van der Waals surface area contributed by atoms with Gasteiger partial charge in [-0.05, 0) is 63.4 Å². The number of unbranched alkanes of at least 4 members (excludes halogenated alkanes) is 3. The van der Waals surface area contributed by atoms with E-state index in [1.807, 2.05) is 25.1 Å². The van der Waals surface area contributed by atoms with Crippen LogP contribution in [0.5, 0.6) is 5.75 Å². The molecule has 0 aliphatic heterocycles. The van der Waals surface area contributed by atoms with E-state index in [4.69, 9.17) is 4.74 Å². The molecule has 0 spiro atoms. The van der Waals surface area contributed by atoms with Crippen LogP contribution in [0.1, 0.15) is 70.5 Å². The highest BCUT2D eigenvalue weighted by Gasteiger charge is 2.32. The minimum atomic E-state index is -1.01. The third-order valence-corrected chi connectivity index (χ3v) is 5.50. The summed E-state index contributed by atoms with van der Waals surface area (Å²) in [6.45, 7) is 9.19. The van der Waals surface area contributed by atoms with Crippen LogP contribution in [0.4, 0.5) is 10.5 Å². The van der Waals surface area contributed by atoms with Crippen molar-refractivity contribution in [1.29, 1.82) is 0 Å². The van der Waals surface area contributed by atoms with Gasteiger partial charge in [-0.15, -0.1) is 0 Å². The molecule has 0 fully saturated rings. The maximum Gasteiger partial charge on any atom is 0.408 e. The van der Waals surface area contributed by atoms with Crippen LogP contribution in [0.15, 0.2) is 48.5 Å². The number of hydrogen-bond donors (Lipinski definition) is 3. The zero-order chi connectivity index (χ0) is 26.7. The first-order chi connectivity index (χ1) is 17.0. The Bertz CT molecular complexity index is 1030. The van der Waals surface area contributed by atoms with Crippen molar-refractivity contribution in [2.75, 3.05) is 18.4 Å². The van der Waals surface area contributed by atoms with Crippen molar-refractivity contribution < 1.29 is 24.2 Å². The Morgan fingerprint density at radius 2 is 1.75 bits per heavy atom. The van der Waals surface area contributed by atoms with Gasteiger partial charge in [0.25, 0.3) is 5.91 Å². The minimum Gasteiger partial charge on any atom is -0.508 e. The van der Waals surface area contributed by atoms with Crippen molar-refractivity contribution in [2.24, 2.45) is 0 Å². The quantitative estimate of drug-likeness (QED) is 0.365. The van der Waals surface area contributed by atoms with E-state index < -0.39 is 29.6 Å². The first kappa shape index (κ1) is 28.7. The topological polar surface area (TPSA) is 108 Å². The lowest BCUT2D eigenvalue weighted by Crippen LogP contribution is -2.47. The molecule has 3 N–H and O–H groups in total. The number of nitrogens with one attached hydrogen (secondary N) is 2. The Morgan fingerprint density at radius 1 is 1.03 bits per heavy atom. The molecule has 196 valence electrons. The van der Waals surface area contributed by atoms with E-state index in [0.29, 0.717) is 24.2 Å². The molecule has 1 atom stereocenters.